The second-order valence-corrected chi connectivity index (χ2v) is 4.72. The molecule has 0 aliphatic carbocycles. The van der Waals surface area contributed by atoms with Crippen molar-refractivity contribution in [2.24, 2.45) is 15.9 Å². The molecule has 0 saturated carbocycles. The molecule has 0 aromatic carbocycles. The Bertz CT molecular complexity index is 277. The third kappa shape index (κ3) is 2.82. The second kappa shape index (κ2) is 5.43. The molecule has 0 spiro atoms. The molecule has 0 bridgehead atoms. The fourth-order valence-corrected chi connectivity index (χ4v) is 2.18. The predicted octanol–water partition coefficient (Wildman–Crippen LogP) is 1.09. The summed E-state index contributed by atoms with van der Waals surface area (Å²) in [5.74, 6) is 1.46. The molecule has 2 aliphatic rings. The fraction of sp³-hybridized carbons (Fsp3) is 0.833. The van der Waals surface area contributed by atoms with Crippen molar-refractivity contribution in [1.82, 2.24) is 9.80 Å². The number of nitrogens with zero attached hydrogens (tertiary/aromatic N) is 4. The van der Waals surface area contributed by atoms with Crippen LogP contribution in [0.3, 0.4) is 0 Å². The molecule has 4 heteroatoms. The Morgan fingerprint density at radius 2 is 2.06 bits per heavy atom. The van der Waals surface area contributed by atoms with Crippen LogP contribution in [0, 0.1) is 5.92 Å². The largest absolute Gasteiger partial charge is 0.339 e. The van der Waals surface area contributed by atoms with Gasteiger partial charge in [-0.2, -0.15) is 0 Å². The maximum atomic E-state index is 4.53. The number of hydrogen-bond acceptors (Lipinski definition) is 4. The van der Waals surface area contributed by atoms with Crippen LogP contribution in [0.4, 0.5) is 0 Å². The maximum absolute atomic E-state index is 4.53. The first-order valence-corrected chi connectivity index (χ1v) is 6.35. The SMILES string of the molecule is CCCN1CCN(C2=NCC(C)C=N2)CC1. The summed E-state index contributed by atoms with van der Waals surface area (Å²) in [7, 11) is 0. The van der Waals surface area contributed by atoms with E-state index in [1.165, 1.54) is 13.0 Å². The van der Waals surface area contributed by atoms with Crippen LogP contribution in [0.1, 0.15) is 20.3 Å². The van der Waals surface area contributed by atoms with E-state index in [1.54, 1.807) is 0 Å². The van der Waals surface area contributed by atoms with E-state index in [-0.39, 0.29) is 0 Å². The van der Waals surface area contributed by atoms with Crippen molar-refractivity contribution in [3.05, 3.63) is 0 Å². The van der Waals surface area contributed by atoms with Gasteiger partial charge in [0.05, 0.1) is 6.54 Å². The van der Waals surface area contributed by atoms with Gasteiger partial charge in [0.2, 0.25) is 5.96 Å². The summed E-state index contributed by atoms with van der Waals surface area (Å²) in [6, 6.07) is 0. The van der Waals surface area contributed by atoms with E-state index in [4.69, 9.17) is 0 Å². The first-order valence-electron chi connectivity index (χ1n) is 6.35. The Balaban J connectivity index is 1.83. The molecule has 0 radical (unpaired) electrons. The highest BCUT2D eigenvalue weighted by atomic mass is 15.3. The van der Waals surface area contributed by atoms with Gasteiger partial charge in [-0.3, -0.25) is 9.89 Å². The van der Waals surface area contributed by atoms with Crippen molar-refractivity contribution in [3.8, 4) is 0 Å². The van der Waals surface area contributed by atoms with Gasteiger partial charge in [-0.25, -0.2) is 4.99 Å². The van der Waals surface area contributed by atoms with Crippen LogP contribution >= 0.6 is 0 Å². The molecule has 1 saturated heterocycles. The lowest BCUT2D eigenvalue weighted by Crippen LogP contribution is -2.48. The highest BCUT2D eigenvalue weighted by molar-refractivity contribution is 5.90. The molecule has 1 unspecified atom stereocenters. The van der Waals surface area contributed by atoms with Crippen molar-refractivity contribution in [2.75, 3.05) is 39.3 Å². The van der Waals surface area contributed by atoms with Gasteiger partial charge in [0.15, 0.2) is 0 Å². The first kappa shape index (κ1) is 11.6. The van der Waals surface area contributed by atoms with Crippen LogP contribution < -0.4 is 0 Å². The molecular formula is C12H22N4. The average molecular weight is 222 g/mol. The minimum absolute atomic E-state index is 0.505. The van der Waals surface area contributed by atoms with Crippen molar-refractivity contribution >= 4 is 12.2 Å². The van der Waals surface area contributed by atoms with Crippen molar-refractivity contribution in [1.29, 1.82) is 0 Å². The molecule has 2 heterocycles. The first-order chi connectivity index (χ1) is 7.79. The van der Waals surface area contributed by atoms with E-state index in [0.717, 1.165) is 38.7 Å². The van der Waals surface area contributed by atoms with Gasteiger partial charge in [-0.05, 0) is 13.0 Å². The number of rotatable bonds is 2. The molecule has 1 atom stereocenters. The molecule has 90 valence electrons. The Labute approximate surface area is 98.1 Å². The normalized spacial score (nSPS) is 27.0. The van der Waals surface area contributed by atoms with Gasteiger partial charge in [-0.1, -0.05) is 13.8 Å². The van der Waals surface area contributed by atoms with E-state index in [1.807, 2.05) is 6.21 Å². The average Bonchev–Trinajstić information content (AvgIpc) is 2.32. The summed E-state index contributed by atoms with van der Waals surface area (Å²) in [6.07, 6.45) is 3.28. The van der Waals surface area contributed by atoms with E-state index < -0.39 is 0 Å². The molecule has 0 N–H and O–H groups in total. The molecule has 0 amide bonds. The lowest BCUT2D eigenvalue weighted by atomic mass is 10.2. The summed E-state index contributed by atoms with van der Waals surface area (Å²) in [5, 5.41) is 0. The van der Waals surface area contributed by atoms with E-state index in [0.29, 0.717) is 5.92 Å². The smallest absolute Gasteiger partial charge is 0.220 e. The minimum Gasteiger partial charge on any atom is -0.339 e. The van der Waals surface area contributed by atoms with Crippen LogP contribution in [0.5, 0.6) is 0 Å². The van der Waals surface area contributed by atoms with E-state index >= 15 is 0 Å². The summed E-state index contributed by atoms with van der Waals surface area (Å²) in [6.45, 7) is 11.0. The Hall–Kier alpha value is -0.900. The lowest BCUT2D eigenvalue weighted by molar-refractivity contribution is 0.181. The number of aliphatic imine (C=N–C) groups is 2. The standard InChI is InChI=1S/C12H22N4/c1-3-4-15-5-7-16(8-6-15)12-13-9-11(2)10-14-12/h9,11H,3-8,10H2,1-2H3. The van der Waals surface area contributed by atoms with Crippen LogP contribution in [0.25, 0.3) is 0 Å². The topological polar surface area (TPSA) is 31.2 Å². The van der Waals surface area contributed by atoms with Gasteiger partial charge in [0, 0.05) is 38.3 Å². The number of piperazine rings is 1. The van der Waals surface area contributed by atoms with Gasteiger partial charge in [0.1, 0.15) is 0 Å². The highest BCUT2D eigenvalue weighted by Gasteiger charge is 2.20. The summed E-state index contributed by atoms with van der Waals surface area (Å²) in [5.41, 5.74) is 0. The van der Waals surface area contributed by atoms with E-state index in [2.05, 4.69) is 33.6 Å². The predicted molar refractivity (Wildman–Crippen MR) is 68.3 cm³/mol. The van der Waals surface area contributed by atoms with Crippen LogP contribution in [-0.2, 0) is 0 Å². The zero-order valence-electron chi connectivity index (χ0n) is 10.4. The number of guanidine groups is 1. The zero-order chi connectivity index (χ0) is 11.4. The quantitative estimate of drug-likeness (QED) is 0.700. The third-order valence-electron chi connectivity index (χ3n) is 3.16. The van der Waals surface area contributed by atoms with Gasteiger partial charge >= 0.3 is 0 Å². The Morgan fingerprint density at radius 3 is 2.62 bits per heavy atom. The fourth-order valence-electron chi connectivity index (χ4n) is 2.18. The lowest BCUT2D eigenvalue weighted by Gasteiger charge is -2.35. The van der Waals surface area contributed by atoms with Gasteiger partial charge < -0.3 is 4.90 Å². The molecule has 2 aliphatic heterocycles. The Kier molecular flexibility index (Phi) is 3.93. The van der Waals surface area contributed by atoms with Crippen molar-refractivity contribution in [3.63, 3.8) is 0 Å². The molecule has 0 aromatic heterocycles. The molecule has 0 aromatic rings. The molecule has 4 nitrogen and oxygen atoms in total. The summed E-state index contributed by atoms with van der Waals surface area (Å²) >= 11 is 0. The molecule has 2 rings (SSSR count). The monoisotopic (exact) mass is 222 g/mol. The van der Waals surface area contributed by atoms with Crippen LogP contribution in [0.2, 0.25) is 0 Å². The Morgan fingerprint density at radius 1 is 1.31 bits per heavy atom. The molecule has 16 heavy (non-hydrogen) atoms. The molecular weight excluding hydrogens is 200 g/mol. The number of hydrogen-bond donors (Lipinski definition) is 0. The van der Waals surface area contributed by atoms with Crippen LogP contribution in [0.15, 0.2) is 9.98 Å². The maximum Gasteiger partial charge on any atom is 0.220 e. The van der Waals surface area contributed by atoms with Crippen LogP contribution in [-0.4, -0.2) is 61.2 Å². The molecule has 1 fully saturated rings. The van der Waals surface area contributed by atoms with E-state index in [9.17, 15) is 0 Å². The van der Waals surface area contributed by atoms with Crippen molar-refractivity contribution < 1.29 is 0 Å². The van der Waals surface area contributed by atoms with Gasteiger partial charge in [-0.15, -0.1) is 0 Å². The zero-order valence-corrected chi connectivity index (χ0v) is 10.4. The summed E-state index contributed by atoms with van der Waals surface area (Å²) in [4.78, 5) is 13.8. The van der Waals surface area contributed by atoms with Crippen molar-refractivity contribution in [2.45, 2.75) is 20.3 Å². The highest BCUT2D eigenvalue weighted by Crippen LogP contribution is 2.08. The minimum atomic E-state index is 0.505. The second-order valence-electron chi connectivity index (χ2n) is 4.72. The van der Waals surface area contributed by atoms with Gasteiger partial charge in [0.25, 0.3) is 0 Å². The summed E-state index contributed by atoms with van der Waals surface area (Å²) < 4.78 is 0. The third-order valence-corrected chi connectivity index (χ3v) is 3.16.